The van der Waals surface area contributed by atoms with Crippen LogP contribution in [0.2, 0.25) is 5.02 Å². The van der Waals surface area contributed by atoms with E-state index in [1.165, 1.54) is 0 Å². The van der Waals surface area contributed by atoms with Gasteiger partial charge in [0.1, 0.15) is 13.2 Å². The van der Waals surface area contributed by atoms with Gasteiger partial charge in [0, 0.05) is 6.61 Å². The number of carbonyl (C=O) groups is 1. The van der Waals surface area contributed by atoms with Crippen molar-refractivity contribution in [2.45, 2.75) is 18.9 Å². The molecule has 2 heterocycles. The number of hydrogen-bond acceptors (Lipinski definition) is 4. The van der Waals surface area contributed by atoms with Crippen LogP contribution >= 0.6 is 11.6 Å². The van der Waals surface area contributed by atoms with Gasteiger partial charge in [0.25, 0.3) is 0 Å². The highest BCUT2D eigenvalue weighted by molar-refractivity contribution is 6.32. The number of carboxylic acid groups (broad SMARTS) is 1. The molecular weight excluding hydrogens is 284 g/mol. The highest BCUT2D eigenvalue weighted by Crippen LogP contribution is 2.43. The Bertz CT molecular complexity index is 531. The molecule has 2 atom stereocenters. The maximum absolute atomic E-state index is 11.3. The molecule has 0 aromatic heterocycles. The summed E-state index contributed by atoms with van der Waals surface area (Å²) in [4.78, 5) is 11.3. The van der Waals surface area contributed by atoms with E-state index in [2.05, 4.69) is 0 Å². The van der Waals surface area contributed by atoms with Gasteiger partial charge in [-0.3, -0.25) is 4.79 Å². The highest BCUT2D eigenvalue weighted by atomic mass is 35.5. The Morgan fingerprint density at radius 2 is 2.05 bits per heavy atom. The topological polar surface area (TPSA) is 65.0 Å². The number of hydrogen-bond donors (Lipinski definition) is 1. The van der Waals surface area contributed by atoms with Crippen molar-refractivity contribution >= 4 is 17.6 Å². The Morgan fingerprint density at radius 1 is 1.25 bits per heavy atom. The number of halogens is 1. The summed E-state index contributed by atoms with van der Waals surface area (Å²) < 4.78 is 16.6. The van der Waals surface area contributed by atoms with Crippen LogP contribution in [-0.4, -0.2) is 30.9 Å². The van der Waals surface area contributed by atoms with Crippen LogP contribution in [0.4, 0.5) is 0 Å². The quantitative estimate of drug-likeness (QED) is 0.909. The molecule has 1 aromatic carbocycles. The number of fused-ring (bicyclic) bond motifs is 1. The van der Waals surface area contributed by atoms with E-state index in [0.29, 0.717) is 42.8 Å². The molecule has 0 spiro atoms. The first-order chi connectivity index (χ1) is 9.66. The first-order valence-electron chi connectivity index (χ1n) is 6.60. The van der Waals surface area contributed by atoms with Crippen LogP contribution in [0.25, 0.3) is 0 Å². The summed E-state index contributed by atoms with van der Waals surface area (Å²) in [5.74, 6) is -0.329. The normalized spacial score (nSPS) is 25.2. The minimum atomic E-state index is -0.847. The smallest absolute Gasteiger partial charge is 0.309 e. The molecule has 20 heavy (non-hydrogen) atoms. The lowest BCUT2D eigenvalue weighted by Gasteiger charge is -2.30. The van der Waals surface area contributed by atoms with Crippen LogP contribution in [0.1, 0.15) is 24.5 Å². The van der Waals surface area contributed by atoms with Gasteiger partial charge in [-0.25, -0.2) is 0 Å². The third-order valence-electron chi connectivity index (χ3n) is 3.59. The minimum Gasteiger partial charge on any atom is -0.486 e. The van der Waals surface area contributed by atoms with Crippen molar-refractivity contribution < 1.29 is 24.1 Å². The number of rotatable bonds is 2. The van der Waals surface area contributed by atoms with Crippen molar-refractivity contribution in [1.82, 2.24) is 0 Å². The Labute approximate surface area is 121 Å². The van der Waals surface area contributed by atoms with Crippen molar-refractivity contribution in [3.05, 3.63) is 22.7 Å². The van der Waals surface area contributed by atoms with Gasteiger partial charge in [-0.2, -0.15) is 0 Å². The molecule has 2 aliphatic rings. The summed E-state index contributed by atoms with van der Waals surface area (Å²) in [5.41, 5.74) is 0.728. The predicted molar refractivity (Wildman–Crippen MR) is 71.5 cm³/mol. The van der Waals surface area contributed by atoms with Crippen LogP contribution in [0.3, 0.4) is 0 Å². The first kappa shape index (κ1) is 13.5. The molecule has 0 bridgehead atoms. The van der Waals surface area contributed by atoms with Gasteiger partial charge in [0.05, 0.1) is 17.0 Å². The van der Waals surface area contributed by atoms with Gasteiger partial charge in [0.15, 0.2) is 11.5 Å². The van der Waals surface area contributed by atoms with Crippen LogP contribution in [-0.2, 0) is 9.53 Å². The molecule has 1 saturated heterocycles. The molecule has 6 heteroatoms. The Kier molecular flexibility index (Phi) is 3.72. The molecule has 0 amide bonds. The fourth-order valence-corrected chi connectivity index (χ4v) is 2.93. The zero-order chi connectivity index (χ0) is 14.1. The maximum atomic E-state index is 11.3. The van der Waals surface area contributed by atoms with E-state index in [1.54, 1.807) is 12.1 Å². The van der Waals surface area contributed by atoms with E-state index in [0.717, 1.165) is 12.0 Å². The Morgan fingerprint density at radius 3 is 2.85 bits per heavy atom. The van der Waals surface area contributed by atoms with Gasteiger partial charge < -0.3 is 19.3 Å². The SMILES string of the molecule is O=C(O)C1CCCOC1c1cc(Cl)c2c(c1)OCCO2. The molecule has 1 aromatic rings. The maximum Gasteiger partial charge on any atom is 0.309 e. The average Bonchev–Trinajstić information content (AvgIpc) is 2.47. The number of benzene rings is 1. The molecule has 3 rings (SSSR count). The second-order valence-corrected chi connectivity index (χ2v) is 5.31. The van der Waals surface area contributed by atoms with E-state index in [4.69, 9.17) is 25.8 Å². The Balaban J connectivity index is 1.96. The second kappa shape index (κ2) is 5.50. The first-order valence-corrected chi connectivity index (χ1v) is 6.98. The summed E-state index contributed by atoms with van der Waals surface area (Å²) in [6.45, 7) is 1.48. The molecule has 2 aliphatic heterocycles. The van der Waals surface area contributed by atoms with Crippen LogP contribution in [0.15, 0.2) is 12.1 Å². The molecule has 5 nitrogen and oxygen atoms in total. The third-order valence-corrected chi connectivity index (χ3v) is 3.87. The van der Waals surface area contributed by atoms with Gasteiger partial charge in [0.2, 0.25) is 0 Å². The summed E-state index contributed by atoms with van der Waals surface area (Å²) >= 11 is 6.19. The largest absolute Gasteiger partial charge is 0.486 e. The van der Waals surface area contributed by atoms with Crippen molar-refractivity contribution in [3.63, 3.8) is 0 Å². The lowest BCUT2D eigenvalue weighted by Crippen LogP contribution is -2.29. The monoisotopic (exact) mass is 298 g/mol. The van der Waals surface area contributed by atoms with Crippen LogP contribution in [0, 0.1) is 5.92 Å². The van der Waals surface area contributed by atoms with Crippen molar-refractivity contribution in [1.29, 1.82) is 0 Å². The minimum absolute atomic E-state index is 0.426. The van der Waals surface area contributed by atoms with Crippen molar-refractivity contribution in [2.75, 3.05) is 19.8 Å². The number of aliphatic carboxylic acids is 1. The summed E-state index contributed by atoms with van der Waals surface area (Å²) in [6.07, 6.45) is 0.868. The molecule has 2 unspecified atom stereocenters. The van der Waals surface area contributed by atoms with Gasteiger partial charge in [-0.05, 0) is 30.5 Å². The summed E-state index contributed by atoms with van der Waals surface area (Å²) in [5, 5.41) is 9.74. The van der Waals surface area contributed by atoms with Crippen LogP contribution in [0.5, 0.6) is 11.5 Å². The highest BCUT2D eigenvalue weighted by Gasteiger charge is 2.34. The average molecular weight is 299 g/mol. The lowest BCUT2D eigenvalue weighted by molar-refractivity contribution is -0.151. The zero-order valence-corrected chi connectivity index (χ0v) is 11.6. The number of ether oxygens (including phenoxy) is 3. The van der Waals surface area contributed by atoms with Crippen molar-refractivity contribution in [2.24, 2.45) is 5.92 Å². The van der Waals surface area contributed by atoms with E-state index >= 15 is 0 Å². The predicted octanol–water partition coefficient (Wildman–Crippen LogP) is 2.66. The summed E-state index contributed by atoms with van der Waals surface area (Å²) in [6, 6.07) is 3.48. The zero-order valence-electron chi connectivity index (χ0n) is 10.8. The molecule has 0 radical (unpaired) electrons. The molecule has 0 saturated carbocycles. The van der Waals surface area contributed by atoms with E-state index < -0.39 is 18.0 Å². The molecule has 1 fully saturated rings. The molecule has 1 N–H and O–H groups in total. The number of carboxylic acids is 1. The van der Waals surface area contributed by atoms with E-state index in [1.807, 2.05) is 0 Å². The lowest BCUT2D eigenvalue weighted by atomic mass is 9.89. The summed E-state index contributed by atoms with van der Waals surface area (Å²) in [7, 11) is 0. The molecule has 108 valence electrons. The van der Waals surface area contributed by atoms with E-state index in [-0.39, 0.29) is 0 Å². The second-order valence-electron chi connectivity index (χ2n) is 4.91. The van der Waals surface area contributed by atoms with E-state index in [9.17, 15) is 9.90 Å². The van der Waals surface area contributed by atoms with Gasteiger partial charge in [-0.1, -0.05) is 11.6 Å². The van der Waals surface area contributed by atoms with Crippen molar-refractivity contribution in [3.8, 4) is 11.5 Å². The fourth-order valence-electron chi connectivity index (χ4n) is 2.66. The standard InChI is InChI=1S/C14H15ClO5/c15-10-6-8(7-11-13(10)20-5-4-18-11)12-9(14(16)17)2-1-3-19-12/h6-7,9,12H,1-5H2,(H,16,17). The molecular formula is C14H15ClO5. The fraction of sp³-hybridized carbons (Fsp3) is 0.500. The Hall–Kier alpha value is -1.46. The van der Waals surface area contributed by atoms with Crippen LogP contribution < -0.4 is 9.47 Å². The third kappa shape index (κ3) is 2.43. The van der Waals surface area contributed by atoms with Gasteiger partial charge >= 0.3 is 5.97 Å². The molecule has 0 aliphatic carbocycles. The van der Waals surface area contributed by atoms with Gasteiger partial charge in [-0.15, -0.1) is 0 Å².